The van der Waals surface area contributed by atoms with Gasteiger partial charge in [0, 0.05) is 18.9 Å². The number of amides is 2. The van der Waals surface area contributed by atoms with Gasteiger partial charge in [-0.05, 0) is 0 Å². The van der Waals surface area contributed by atoms with Crippen molar-refractivity contribution < 1.29 is 9.59 Å². The molecule has 2 amide bonds. The second-order valence-electron chi connectivity index (χ2n) is 3.44. The molecule has 2 saturated heterocycles. The summed E-state index contributed by atoms with van der Waals surface area (Å²) in [5, 5.41) is 0. The maximum atomic E-state index is 10.6. The minimum atomic E-state index is -0.197. The number of hydrogen-bond acceptors (Lipinski definition) is 3. The maximum Gasteiger partial charge on any atom is 0.211 e. The van der Waals surface area contributed by atoms with E-state index in [1.165, 1.54) is 0 Å². The SMILES string of the molecule is O=CN1CN2CN(C=O)CP(C1)C2. The molecule has 2 aliphatic heterocycles. The molecule has 2 fully saturated rings. The monoisotopic (exact) mass is 201 g/mol. The highest BCUT2D eigenvalue weighted by molar-refractivity contribution is 7.57. The van der Waals surface area contributed by atoms with Gasteiger partial charge in [-0.25, -0.2) is 0 Å². The molecule has 72 valence electrons. The summed E-state index contributed by atoms with van der Waals surface area (Å²) >= 11 is 0. The van der Waals surface area contributed by atoms with Gasteiger partial charge in [-0.2, -0.15) is 0 Å². The van der Waals surface area contributed by atoms with E-state index in [0.29, 0.717) is 13.3 Å². The Kier molecular flexibility index (Phi) is 2.47. The van der Waals surface area contributed by atoms with Gasteiger partial charge in [0.05, 0.1) is 13.3 Å². The zero-order valence-corrected chi connectivity index (χ0v) is 8.19. The van der Waals surface area contributed by atoms with E-state index in [0.717, 1.165) is 31.7 Å². The van der Waals surface area contributed by atoms with Crippen molar-refractivity contribution in [3.05, 3.63) is 0 Å². The molecule has 0 radical (unpaired) electrons. The van der Waals surface area contributed by atoms with Gasteiger partial charge in [-0.1, -0.05) is 7.92 Å². The summed E-state index contributed by atoms with van der Waals surface area (Å²) < 4.78 is 0. The highest BCUT2D eigenvalue weighted by atomic mass is 31.1. The van der Waals surface area contributed by atoms with Crippen LogP contribution in [0.15, 0.2) is 0 Å². The standard InChI is InChI=1S/C7H12N3O2P/c11-3-9-1-8-2-10(4-12)7-13(5-8)6-9/h3-4H,1-2,5-7H2. The second kappa shape index (κ2) is 3.60. The maximum absolute atomic E-state index is 10.6. The molecule has 0 N–H and O–H groups in total. The zero-order valence-electron chi connectivity index (χ0n) is 7.30. The van der Waals surface area contributed by atoms with E-state index in [9.17, 15) is 9.59 Å². The minimum absolute atomic E-state index is 0.197. The second-order valence-corrected chi connectivity index (χ2v) is 5.63. The Bertz CT molecular complexity index is 192. The first-order valence-corrected chi connectivity index (χ1v) is 6.05. The lowest BCUT2D eigenvalue weighted by atomic mass is 10.7. The van der Waals surface area contributed by atoms with E-state index in [4.69, 9.17) is 0 Å². The number of carbonyl (C=O) groups is 2. The average molecular weight is 201 g/mol. The summed E-state index contributed by atoms with van der Waals surface area (Å²) in [6, 6.07) is 0. The fourth-order valence-electron chi connectivity index (χ4n) is 1.80. The van der Waals surface area contributed by atoms with Crippen LogP contribution >= 0.6 is 7.92 Å². The van der Waals surface area contributed by atoms with Gasteiger partial charge in [-0.15, -0.1) is 0 Å². The fraction of sp³-hybridized carbons (Fsp3) is 0.714. The van der Waals surface area contributed by atoms with Gasteiger partial charge in [0.2, 0.25) is 12.8 Å². The van der Waals surface area contributed by atoms with Crippen LogP contribution in [0.5, 0.6) is 0 Å². The van der Waals surface area contributed by atoms with Gasteiger partial charge in [0.25, 0.3) is 0 Å². The number of nitrogens with zero attached hydrogens (tertiary/aromatic N) is 3. The van der Waals surface area contributed by atoms with Crippen molar-refractivity contribution in [3.63, 3.8) is 0 Å². The Morgan fingerprint density at radius 2 is 1.46 bits per heavy atom. The van der Waals surface area contributed by atoms with E-state index in [1.807, 2.05) is 0 Å². The largest absolute Gasteiger partial charge is 0.328 e. The zero-order chi connectivity index (χ0) is 9.26. The van der Waals surface area contributed by atoms with Crippen molar-refractivity contribution in [3.8, 4) is 0 Å². The summed E-state index contributed by atoms with van der Waals surface area (Å²) in [4.78, 5) is 26.9. The molecule has 2 bridgehead atoms. The van der Waals surface area contributed by atoms with Crippen molar-refractivity contribution in [1.82, 2.24) is 14.7 Å². The van der Waals surface area contributed by atoms with Gasteiger partial charge in [0.1, 0.15) is 0 Å². The number of fused-ring (bicyclic) bond motifs is 2. The van der Waals surface area contributed by atoms with E-state index in [-0.39, 0.29) is 7.92 Å². The molecule has 0 aromatic rings. The molecule has 0 aliphatic carbocycles. The van der Waals surface area contributed by atoms with Crippen molar-refractivity contribution in [2.24, 2.45) is 0 Å². The van der Waals surface area contributed by atoms with Crippen LogP contribution in [-0.2, 0) is 9.59 Å². The third-order valence-corrected chi connectivity index (χ3v) is 4.55. The summed E-state index contributed by atoms with van der Waals surface area (Å²) in [5.41, 5.74) is 0. The quantitative estimate of drug-likeness (QED) is 0.447. The topological polar surface area (TPSA) is 43.9 Å². The van der Waals surface area contributed by atoms with Gasteiger partial charge < -0.3 is 9.80 Å². The number of hydrogen-bond donors (Lipinski definition) is 0. The molecule has 0 aromatic carbocycles. The Hall–Kier alpha value is -0.670. The molecule has 2 rings (SSSR count). The van der Waals surface area contributed by atoms with Gasteiger partial charge in [-0.3, -0.25) is 14.5 Å². The van der Waals surface area contributed by atoms with Gasteiger partial charge in [0.15, 0.2) is 0 Å². The fourth-order valence-corrected chi connectivity index (χ4v) is 4.15. The lowest BCUT2D eigenvalue weighted by Gasteiger charge is -2.45. The third kappa shape index (κ3) is 1.81. The number of carbonyl (C=O) groups excluding carboxylic acids is 2. The van der Waals surface area contributed by atoms with Crippen molar-refractivity contribution >= 4 is 20.7 Å². The van der Waals surface area contributed by atoms with Crippen LogP contribution in [0.25, 0.3) is 0 Å². The molecule has 2 heterocycles. The molecule has 0 atom stereocenters. The van der Waals surface area contributed by atoms with E-state index >= 15 is 0 Å². The Morgan fingerprint density at radius 3 is 1.85 bits per heavy atom. The highest BCUT2D eigenvalue weighted by Gasteiger charge is 2.30. The van der Waals surface area contributed by atoms with Crippen LogP contribution in [0.2, 0.25) is 0 Å². The Labute approximate surface area is 78.0 Å². The first-order valence-electron chi connectivity index (χ1n) is 4.15. The molecule has 0 aromatic heterocycles. The molecule has 6 heteroatoms. The lowest BCUT2D eigenvalue weighted by molar-refractivity contribution is -0.123. The molecule has 5 nitrogen and oxygen atoms in total. The minimum Gasteiger partial charge on any atom is -0.328 e. The molecular weight excluding hydrogens is 189 g/mol. The highest BCUT2D eigenvalue weighted by Crippen LogP contribution is 2.42. The molecule has 2 aliphatic rings. The first-order chi connectivity index (χ1) is 6.31. The Morgan fingerprint density at radius 1 is 0.923 bits per heavy atom. The van der Waals surface area contributed by atoms with Crippen LogP contribution in [0, 0.1) is 0 Å². The van der Waals surface area contributed by atoms with Crippen LogP contribution < -0.4 is 0 Å². The van der Waals surface area contributed by atoms with Crippen LogP contribution in [0.4, 0.5) is 0 Å². The van der Waals surface area contributed by atoms with Gasteiger partial charge >= 0.3 is 0 Å². The predicted octanol–water partition coefficient (Wildman–Crippen LogP) is -0.498. The van der Waals surface area contributed by atoms with E-state index in [1.54, 1.807) is 9.80 Å². The average Bonchev–Trinajstić information content (AvgIpc) is 2.16. The Balaban J connectivity index is 2.00. The molecule has 0 unspecified atom stereocenters. The first kappa shape index (κ1) is 8.91. The van der Waals surface area contributed by atoms with Crippen LogP contribution in [0.3, 0.4) is 0 Å². The number of rotatable bonds is 2. The van der Waals surface area contributed by atoms with Crippen molar-refractivity contribution in [1.29, 1.82) is 0 Å². The van der Waals surface area contributed by atoms with Crippen molar-refractivity contribution in [2.45, 2.75) is 0 Å². The molecule has 0 spiro atoms. The summed E-state index contributed by atoms with van der Waals surface area (Å²) in [6.07, 6.45) is 4.57. The van der Waals surface area contributed by atoms with E-state index in [2.05, 4.69) is 4.90 Å². The summed E-state index contributed by atoms with van der Waals surface area (Å²) in [7, 11) is -0.197. The summed E-state index contributed by atoms with van der Waals surface area (Å²) in [5.74, 6) is 0. The molecular formula is C7H12N3O2P. The smallest absolute Gasteiger partial charge is 0.211 e. The lowest BCUT2D eigenvalue weighted by Crippen LogP contribution is -2.52. The van der Waals surface area contributed by atoms with E-state index < -0.39 is 0 Å². The molecule has 0 saturated carbocycles. The normalized spacial score (nSPS) is 32.9. The predicted molar refractivity (Wildman–Crippen MR) is 48.9 cm³/mol. The van der Waals surface area contributed by atoms with Crippen LogP contribution in [-0.4, -0.2) is 59.7 Å². The van der Waals surface area contributed by atoms with Crippen LogP contribution in [0.1, 0.15) is 0 Å². The summed E-state index contributed by atoms with van der Waals surface area (Å²) in [6.45, 7) is 1.35. The third-order valence-electron chi connectivity index (χ3n) is 2.22. The van der Waals surface area contributed by atoms with Crippen molar-refractivity contribution in [2.75, 3.05) is 32.2 Å². The molecule has 13 heavy (non-hydrogen) atoms.